The van der Waals surface area contributed by atoms with Crippen molar-refractivity contribution in [3.63, 3.8) is 0 Å². The molecule has 0 spiro atoms. The maximum Gasteiger partial charge on any atom is 0.223 e. The van der Waals surface area contributed by atoms with E-state index in [4.69, 9.17) is 15.2 Å². The van der Waals surface area contributed by atoms with Crippen LogP contribution in [0.15, 0.2) is 18.2 Å². The van der Waals surface area contributed by atoms with E-state index in [0.717, 1.165) is 5.56 Å². The first-order valence-corrected chi connectivity index (χ1v) is 7.27. The van der Waals surface area contributed by atoms with Gasteiger partial charge in [-0.3, -0.25) is 4.79 Å². The second-order valence-electron chi connectivity index (χ2n) is 5.69. The van der Waals surface area contributed by atoms with E-state index in [1.54, 1.807) is 14.2 Å². The van der Waals surface area contributed by atoms with Crippen LogP contribution < -0.4 is 15.2 Å². The predicted molar refractivity (Wildman–Crippen MR) is 81.5 cm³/mol. The molecule has 0 aliphatic carbocycles. The Hall–Kier alpha value is -1.75. The van der Waals surface area contributed by atoms with Crippen molar-refractivity contribution in [2.24, 2.45) is 5.73 Å². The number of nitrogens with zero attached hydrogens (tertiary/aromatic N) is 1. The highest BCUT2D eigenvalue weighted by atomic mass is 16.5. The van der Waals surface area contributed by atoms with Crippen LogP contribution in [0.2, 0.25) is 0 Å². The molecule has 21 heavy (non-hydrogen) atoms. The summed E-state index contributed by atoms with van der Waals surface area (Å²) < 4.78 is 10.6. The van der Waals surface area contributed by atoms with Crippen molar-refractivity contribution < 1.29 is 14.3 Å². The van der Waals surface area contributed by atoms with Crippen molar-refractivity contribution in [2.75, 3.05) is 14.2 Å². The van der Waals surface area contributed by atoms with Crippen LogP contribution in [0.1, 0.15) is 38.3 Å². The predicted octanol–water partition coefficient (Wildman–Crippen LogP) is 2.10. The van der Waals surface area contributed by atoms with Crippen LogP contribution in [0.4, 0.5) is 0 Å². The molecule has 1 aliphatic rings. The highest BCUT2D eigenvalue weighted by Gasteiger charge is 2.36. The molecule has 0 aromatic heterocycles. The third-order valence-corrected chi connectivity index (χ3v) is 3.96. The van der Waals surface area contributed by atoms with Gasteiger partial charge < -0.3 is 20.1 Å². The lowest BCUT2D eigenvalue weighted by atomic mass is 9.89. The number of nitrogens with two attached hydrogens (primary N) is 1. The van der Waals surface area contributed by atoms with E-state index in [2.05, 4.69) is 0 Å². The molecule has 1 heterocycles. The third kappa shape index (κ3) is 3.13. The van der Waals surface area contributed by atoms with Gasteiger partial charge in [0.25, 0.3) is 0 Å². The Labute approximate surface area is 126 Å². The maximum atomic E-state index is 12.3. The van der Waals surface area contributed by atoms with Gasteiger partial charge >= 0.3 is 0 Å². The topological polar surface area (TPSA) is 64.8 Å². The molecule has 2 N–H and O–H groups in total. The normalized spacial score (nSPS) is 22.6. The molecular formula is C16H24N2O3. The average Bonchev–Trinajstić information content (AvgIpc) is 2.48. The molecule has 1 aromatic rings. The Kier molecular flexibility index (Phi) is 4.73. The van der Waals surface area contributed by atoms with Gasteiger partial charge in [-0.25, -0.2) is 0 Å². The van der Waals surface area contributed by atoms with Crippen molar-refractivity contribution in [1.29, 1.82) is 0 Å². The van der Waals surface area contributed by atoms with E-state index in [0.29, 0.717) is 24.3 Å². The van der Waals surface area contributed by atoms with Crippen LogP contribution >= 0.6 is 0 Å². The highest BCUT2D eigenvalue weighted by Crippen LogP contribution is 2.36. The lowest BCUT2D eigenvalue weighted by molar-refractivity contribution is -0.139. The molecule has 1 aromatic carbocycles. The van der Waals surface area contributed by atoms with Crippen LogP contribution in [-0.2, 0) is 4.79 Å². The Morgan fingerprint density at radius 3 is 2.24 bits per heavy atom. The van der Waals surface area contributed by atoms with E-state index >= 15 is 0 Å². The van der Waals surface area contributed by atoms with E-state index < -0.39 is 0 Å². The van der Waals surface area contributed by atoms with Crippen LogP contribution in [0.5, 0.6) is 11.5 Å². The standard InChI is InChI=1S/C16H24N2O3/c1-10(2)18-15(19)6-5-14(17)16(18)11-7-12(20-3)9-13(8-11)21-4/h7-10,14,16H,5-6,17H2,1-4H3. The van der Waals surface area contributed by atoms with Crippen molar-refractivity contribution >= 4 is 5.91 Å². The maximum absolute atomic E-state index is 12.3. The van der Waals surface area contributed by atoms with Gasteiger partial charge in [0.15, 0.2) is 0 Å². The molecule has 1 aliphatic heterocycles. The number of carbonyl (C=O) groups is 1. The first-order valence-electron chi connectivity index (χ1n) is 7.27. The van der Waals surface area contributed by atoms with Gasteiger partial charge in [-0.15, -0.1) is 0 Å². The molecular weight excluding hydrogens is 268 g/mol. The van der Waals surface area contributed by atoms with Crippen LogP contribution in [0, 0.1) is 0 Å². The number of hydrogen-bond acceptors (Lipinski definition) is 4. The molecule has 1 saturated heterocycles. The van der Waals surface area contributed by atoms with Crippen molar-refractivity contribution in [3.8, 4) is 11.5 Å². The molecule has 2 unspecified atom stereocenters. The number of rotatable bonds is 4. The zero-order valence-electron chi connectivity index (χ0n) is 13.1. The minimum Gasteiger partial charge on any atom is -0.497 e. The Balaban J connectivity index is 2.47. The number of carbonyl (C=O) groups excluding carboxylic acids is 1. The van der Waals surface area contributed by atoms with E-state index in [1.807, 2.05) is 36.9 Å². The largest absolute Gasteiger partial charge is 0.497 e. The molecule has 1 fully saturated rings. The summed E-state index contributed by atoms with van der Waals surface area (Å²) in [6.07, 6.45) is 1.21. The van der Waals surface area contributed by atoms with E-state index in [9.17, 15) is 4.79 Å². The second-order valence-corrected chi connectivity index (χ2v) is 5.69. The molecule has 0 radical (unpaired) electrons. The monoisotopic (exact) mass is 292 g/mol. The van der Waals surface area contributed by atoms with Crippen molar-refractivity contribution in [1.82, 2.24) is 4.90 Å². The summed E-state index contributed by atoms with van der Waals surface area (Å²) in [5, 5.41) is 0. The molecule has 5 heteroatoms. The number of likely N-dealkylation sites (tertiary alicyclic amines) is 1. The molecule has 5 nitrogen and oxygen atoms in total. The van der Waals surface area contributed by atoms with Gasteiger partial charge in [-0.2, -0.15) is 0 Å². The summed E-state index contributed by atoms with van der Waals surface area (Å²) in [5.41, 5.74) is 7.27. The van der Waals surface area contributed by atoms with Crippen LogP contribution in [0.3, 0.4) is 0 Å². The summed E-state index contributed by atoms with van der Waals surface area (Å²) in [5.74, 6) is 1.56. The minimum absolute atomic E-state index is 0.0816. The SMILES string of the molecule is COc1cc(OC)cc(C2C(N)CCC(=O)N2C(C)C)c1. The Morgan fingerprint density at radius 1 is 1.19 bits per heavy atom. The van der Waals surface area contributed by atoms with Crippen molar-refractivity contribution in [2.45, 2.75) is 44.8 Å². The summed E-state index contributed by atoms with van der Waals surface area (Å²) >= 11 is 0. The zero-order chi connectivity index (χ0) is 15.6. The van der Waals surface area contributed by atoms with Gasteiger partial charge in [0, 0.05) is 24.6 Å². The summed E-state index contributed by atoms with van der Waals surface area (Å²) in [7, 11) is 3.23. The van der Waals surface area contributed by atoms with E-state index in [1.165, 1.54) is 0 Å². The van der Waals surface area contributed by atoms with E-state index in [-0.39, 0.29) is 24.0 Å². The van der Waals surface area contributed by atoms with Crippen LogP contribution in [0.25, 0.3) is 0 Å². The molecule has 0 bridgehead atoms. The number of methoxy groups -OCH3 is 2. The first kappa shape index (κ1) is 15.6. The Bertz CT molecular complexity index is 494. The zero-order valence-corrected chi connectivity index (χ0v) is 13.1. The second kappa shape index (κ2) is 6.35. The highest BCUT2D eigenvalue weighted by molar-refractivity contribution is 5.78. The van der Waals surface area contributed by atoms with Gasteiger partial charge in [0.05, 0.1) is 20.3 Å². The Morgan fingerprint density at radius 2 is 1.76 bits per heavy atom. The summed E-state index contributed by atoms with van der Waals surface area (Å²) in [6, 6.07) is 5.56. The molecule has 116 valence electrons. The molecule has 2 rings (SSSR count). The van der Waals surface area contributed by atoms with Gasteiger partial charge in [-0.05, 0) is 38.0 Å². The minimum atomic E-state index is -0.143. The lowest BCUT2D eigenvalue weighted by Gasteiger charge is -2.42. The first-order chi connectivity index (χ1) is 9.97. The molecule has 2 atom stereocenters. The van der Waals surface area contributed by atoms with Gasteiger partial charge in [0.1, 0.15) is 11.5 Å². The fourth-order valence-corrected chi connectivity index (χ4v) is 2.96. The smallest absolute Gasteiger partial charge is 0.223 e. The molecule has 0 saturated carbocycles. The fraction of sp³-hybridized carbons (Fsp3) is 0.562. The quantitative estimate of drug-likeness (QED) is 0.923. The number of amides is 1. The number of piperidine rings is 1. The van der Waals surface area contributed by atoms with Crippen molar-refractivity contribution in [3.05, 3.63) is 23.8 Å². The van der Waals surface area contributed by atoms with Gasteiger partial charge in [-0.1, -0.05) is 0 Å². The summed E-state index contributed by atoms with van der Waals surface area (Å²) in [6.45, 7) is 4.03. The summed E-state index contributed by atoms with van der Waals surface area (Å²) in [4.78, 5) is 14.2. The number of benzene rings is 1. The fourth-order valence-electron chi connectivity index (χ4n) is 2.96. The number of hydrogen-bond donors (Lipinski definition) is 1. The average molecular weight is 292 g/mol. The number of ether oxygens (including phenoxy) is 2. The van der Waals surface area contributed by atoms with Gasteiger partial charge in [0.2, 0.25) is 5.91 Å². The lowest BCUT2D eigenvalue weighted by Crippen LogP contribution is -2.51. The molecule has 1 amide bonds. The third-order valence-electron chi connectivity index (χ3n) is 3.96. The van der Waals surface area contributed by atoms with Crippen LogP contribution in [-0.4, -0.2) is 37.1 Å².